The van der Waals surface area contributed by atoms with Gasteiger partial charge in [0.2, 0.25) is 0 Å². The Morgan fingerprint density at radius 3 is 1.56 bits per heavy atom. The minimum absolute atomic E-state index is 0.222. The smallest absolute Gasteiger partial charge is 0.0346 e. The second kappa shape index (κ2) is 5.83. The van der Waals surface area contributed by atoms with Gasteiger partial charge in [0.05, 0.1) is 0 Å². The van der Waals surface area contributed by atoms with Crippen LogP contribution < -0.4 is 11.5 Å². The fourth-order valence-corrected chi connectivity index (χ4v) is 2.41. The lowest BCUT2D eigenvalue weighted by atomic mass is 10.0. The third kappa shape index (κ3) is 3.20. The van der Waals surface area contributed by atoms with Gasteiger partial charge in [-0.15, -0.1) is 0 Å². The van der Waals surface area contributed by atoms with Crippen molar-refractivity contribution in [1.82, 2.24) is 0 Å². The van der Waals surface area contributed by atoms with Gasteiger partial charge in [-0.2, -0.15) is 12.6 Å². The van der Waals surface area contributed by atoms with Gasteiger partial charge in [0.25, 0.3) is 0 Å². The van der Waals surface area contributed by atoms with Crippen LogP contribution in [0.2, 0.25) is 0 Å². The Balaban J connectivity index is 2.04. The molecular formula is C15H18N2S. The van der Waals surface area contributed by atoms with Gasteiger partial charge >= 0.3 is 0 Å². The molecule has 0 radical (unpaired) electrons. The van der Waals surface area contributed by atoms with Crippen LogP contribution in [0.25, 0.3) is 0 Å². The minimum atomic E-state index is 0.222. The van der Waals surface area contributed by atoms with E-state index in [1.807, 2.05) is 48.5 Å². The molecule has 0 fully saturated rings. The van der Waals surface area contributed by atoms with Crippen molar-refractivity contribution in [2.24, 2.45) is 0 Å². The van der Waals surface area contributed by atoms with Crippen LogP contribution in [0.1, 0.15) is 11.1 Å². The van der Waals surface area contributed by atoms with Crippen molar-refractivity contribution >= 4 is 24.0 Å². The van der Waals surface area contributed by atoms with Crippen molar-refractivity contribution in [2.45, 2.75) is 18.1 Å². The molecule has 2 rings (SSSR count). The number of hydrogen-bond donors (Lipinski definition) is 3. The van der Waals surface area contributed by atoms with Crippen LogP contribution in [0, 0.1) is 0 Å². The van der Waals surface area contributed by atoms with Gasteiger partial charge in [-0.3, -0.25) is 0 Å². The van der Waals surface area contributed by atoms with E-state index in [2.05, 4.69) is 12.6 Å². The molecule has 0 bridgehead atoms. The van der Waals surface area contributed by atoms with E-state index in [-0.39, 0.29) is 5.25 Å². The molecule has 2 aromatic rings. The third-order valence-corrected chi connectivity index (χ3v) is 3.39. The number of para-hydroxylation sites is 2. The Labute approximate surface area is 113 Å². The Hall–Kier alpha value is -1.61. The van der Waals surface area contributed by atoms with Crippen molar-refractivity contribution in [2.75, 3.05) is 11.5 Å². The molecule has 0 saturated carbocycles. The molecule has 0 aliphatic heterocycles. The van der Waals surface area contributed by atoms with E-state index in [4.69, 9.17) is 11.5 Å². The molecule has 18 heavy (non-hydrogen) atoms. The van der Waals surface area contributed by atoms with Crippen molar-refractivity contribution < 1.29 is 0 Å². The molecular weight excluding hydrogens is 240 g/mol. The van der Waals surface area contributed by atoms with Crippen LogP contribution in [0.3, 0.4) is 0 Å². The van der Waals surface area contributed by atoms with Gasteiger partial charge in [-0.1, -0.05) is 36.4 Å². The summed E-state index contributed by atoms with van der Waals surface area (Å²) in [6.07, 6.45) is 1.70. The summed E-state index contributed by atoms with van der Waals surface area (Å²) in [5.41, 5.74) is 15.8. The summed E-state index contributed by atoms with van der Waals surface area (Å²) in [5, 5.41) is 0.222. The van der Waals surface area contributed by atoms with Crippen molar-refractivity contribution in [3.8, 4) is 0 Å². The summed E-state index contributed by atoms with van der Waals surface area (Å²) < 4.78 is 0. The van der Waals surface area contributed by atoms with Crippen LogP contribution in [-0.2, 0) is 12.8 Å². The molecule has 0 unspecified atom stereocenters. The van der Waals surface area contributed by atoms with Crippen molar-refractivity contribution in [1.29, 1.82) is 0 Å². The lowest BCUT2D eigenvalue weighted by Crippen LogP contribution is -2.10. The quantitative estimate of drug-likeness (QED) is 0.583. The SMILES string of the molecule is Nc1ccccc1CC(S)Cc1ccccc1N. The number of nitrogen functional groups attached to an aromatic ring is 2. The zero-order chi connectivity index (χ0) is 13.0. The fraction of sp³-hybridized carbons (Fsp3) is 0.200. The summed E-state index contributed by atoms with van der Waals surface area (Å²) in [4.78, 5) is 0. The van der Waals surface area contributed by atoms with E-state index in [9.17, 15) is 0 Å². The summed E-state index contributed by atoms with van der Waals surface area (Å²) in [6, 6.07) is 15.8. The van der Waals surface area contributed by atoms with E-state index in [0.717, 1.165) is 35.3 Å². The molecule has 0 aliphatic carbocycles. The fourth-order valence-electron chi connectivity index (χ4n) is 2.02. The highest BCUT2D eigenvalue weighted by molar-refractivity contribution is 7.80. The molecule has 0 heterocycles. The maximum absolute atomic E-state index is 5.93. The molecule has 0 amide bonds. The molecule has 2 aromatic carbocycles. The number of thiol groups is 1. The number of benzene rings is 2. The summed E-state index contributed by atoms with van der Waals surface area (Å²) in [7, 11) is 0. The number of hydrogen-bond acceptors (Lipinski definition) is 3. The van der Waals surface area contributed by atoms with E-state index in [1.54, 1.807) is 0 Å². The lowest BCUT2D eigenvalue weighted by molar-refractivity contribution is 0.851. The van der Waals surface area contributed by atoms with Crippen LogP contribution in [0.4, 0.5) is 11.4 Å². The topological polar surface area (TPSA) is 52.0 Å². The van der Waals surface area contributed by atoms with Gasteiger partial charge in [0.15, 0.2) is 0 Å². The van der Waals surface area contributed by atoms with Gasteiger partial charge in [-0.05, 0) is 36.1 Å². The highest BCUT2D eigenvalue weighted by Gasteiger charge is 2.09. The lowest BCUT2D eigenvalue weighted by Gasteiger charge is -2.13. The van der Waals surface area contributed by atoms with E-state index in [0.29, 0.717) is 0 Å². The monoisotopic (exact) mass is 258 g/mol. The number of anilines is 2. The summed E-state index contributed by atoms with van der Waals surface area (Å²) >= 11 is 4.64. The average Bonchev–Trinajstić information content (AvgIpc) is 2.35. The highest BCUT2D eigenvalue weighted by Crippen LogP contribution is 2.20. The second-order valence-corrected chi connectivity index (χ2v) is 5.19. The van der Waals surface area contributed by atoms with E-state index >= 15 is 0 Å². The normalized spacial score (nSPS) is 10.8. The first kappa shape index (κ1) is 12.8. The maximum atomic E-state index is 5.93. The maximum Gasteiger partial charge on any atom is 0.0346 e. The second-order valence-electron chi connectivity index (χ2n) is 4.46. The average molecular weight is 258 g/mol. The highest BCUT2D eigenvalue weighted by atomic mass is 32.1. The standard InChI is InChI=1S/C15H18N2S/c16-14-7-3-1-5-11(14)9-13(18)10-12-6-2-4-8-15(12)17/h1-8,13,18H,9-10,16-17H2. The Morgan fingerprint density at radius 1 is 0.778 bits per heavy atom. The van der Waals surface area contributed by atoms with Crippen LogP contribution in [0.15, 0.2) is 48.5 Å². The summed E-state index contributed by atoms with van der Waals surface area (Å²) in [6.45, 7) is 0. The Morgan fingerprint density at radius 2 is 1.17 bits per heavy atom. The van der Waals surface area contributed by atoms with Crippen molar-refractivity contribution in [3.05, 3.63) is 59.7 Å². The molecule has 4 N–H and O–H groups in total. The molecule has 0 spiro atoms. The molecule has 0 atom stereocenters. The first-order chi connectivity index (χ1) is 8.66. The van der Waals surface area contributed by atoms with Gasteiger partial charge in [0, 0.05) is 16.6 Å². The van der Waals surface area contributed by atoms with Crippen LogP contribution in [-0.4, -0.2) is 5.25 Å². The van der Waals surface area contributed by atoms with Crippen molar-refractivity contribution in [3.63, 3.8) is 0 Å². The van der Waals surface area contributed by atoms with Gasteiger partial charge < -0.3 is 11.5 Å². The zero-order valence-electron chi connectivity index (χ0n) is 10.2. The predicted molar refractivity (Wildman–Crippen MR) is 81.9 cm³/mol. The Bertz CT molecular complexity index is 478. The molecule has 2 nitrogen and oxygen atoms in total. The molecule has 0 aliphatic rings. The van der Waals surface area contributed by atoms with Crippen LogP contribution in [0.5, 0.6) is 0 Å². The van der Waals surface area contributed by atoms with Gasteiger partial charge in [0.1, 0.15) is 0 Å². The number of rotatable bonds is 4. The molecule has 94 valence electrons. The number of nitrogens with two attached hydrogens (primary N) is 2. The largest absolute Gasteiger partial charge is 0.399 e. The zero-order valence-corrected chi connectivity index (χ0v) is 11.1. The third-order valence-electron chi connectivity index (χ3n) is 3.02. The predicted octanol–water partition coefficient (Wildman–Crippen LogP) is 2.93. The summed E-state index contributed by atoms with van der Waals surface area (Å²) in [5.74, 6) is 0. The van der Waals surface area contributed by atoms with E-state index < -0.39 is 0 Å². The first-order valence-electron chi connectivity index (χ1n) is 6.01. The first-order valence-corrected chi connectivity index (χ1v) is 6.53. The van der Waals surface area contributed by atoms with E-state index in [1.165, 1.54) is 0 Å². The van der Waals surface area contributed by atoms with Crippen LogP contribution >= 0.6 is 12.6 Å². The minimum Gasteiger partial charge on any atom is -0.399 e. The molecule has 3 heteroatoms. The van der Waals surface area contributed by atoms with Gasteiger partial charge in [-0.25, -0.2) is 0 Å². The Kier molecular flexibility index (Phi) is 4.15. The molecule has 0 aromatic heterocycles. The molecule has 0 saturated heterocycles.